The van der Waals surface area contributed by atoms with Gasteiger partial charge in [0, 0.05) is 18.6 Å². The monoisotopic (exact) mass is 254 g/mol. The highest BCUT2D eigenvalue weighted by Gasteiger charge is 2.30. The Bertz CT molecular complexity index is 234. The maximum atomic E-state index is 2.83. The minimum atomic E-state index is 0.890. The van der Waals surface area contributed by atoms with E-state index in [1.54, 1.807) is 0 Å². The van der Waals surface area contributed by atoms with Gasteiger partial charge in [-0.25, -0.2) is 0 Å². The van der Waals surface area contributed by atoms with E-state index in [0.717, 1.165) is 12.1 Å². The Morgan fingerprint density at radius 1 is 0.706 bits per heavy atom. The van der Waals surface area contributed by atoms with Crippen molar-refractivity contribution in [3.05, 3.63) is 0 Å². The number of piperidine rings is 1. The summed E-state index contributed by atoms with van der Waals surface area (Å²) in [5.74, 6) is 2.80. The minimum absolute atomic E-state index is 0.890. The van der Waals surface area contributed by atoms with Crippen molar-refractivity contribution in [2.75, 3.05) is 37.7 Å². The summed E-state index contributed by atoms with van der Waals surface area (Å²) in [4.78, 5) is 5.59. The van der Waals surface area contributed by atoms with Crippen molar-refractivity contribution in [2.24, 2.45) is 0 Å². The third-order valence-corrected chi connectivity index (χ3v) is 5.84. The Morgan fingerprint density at radius 3 is 2.18 bits per heavy atom. The summed E-state index contributed by atoms with van der Waals surface area (Å²) in [5.41, 5.74) is 0. The molecule has 3 aliphatic rings. The molecule has 3 saturated heterocycles. The van der Waals surface area contributed by atoms with Crippen molar-refractivity contribution in [1.82, 2.24) is 9.80 Å². The van der Waals surface area contributed by atoms with Crippen LogP contribution in [0.2, 0.25) is 0 Å². The lowest BCUT2D eigenvalue weighted by atomic mass is 10.00. The minimum Gasteiger partial charge on any atom is -0.299 e. The fourth-order valence-corrected chi connectivity index (χ4v) is 4.85. The predicted molar refractivity (Wildman–Crippen MR) is 75.7 cm³/mol. The van der Waals surface area contributed by atoms with Gasteiger partial charge in [-0.1, -0.05) is 0 Å². The van der Waals surface area contributed by atoms with Crippen molar-refractivity contribution < 1.29 is 0 Å². The van der Waals surface area contributed by atoms with E-state index < -0.39 is 0 Å². The molecule has 0 aromatic rings. The first-order chi connectivity index (χ1) is 8.43. The molecule has 0 bridgehead atoms. The second kappa shape index (κ2) is 5.94. The zero-order chi connectivity index (χ0) is 11.5. The first-order valence-corrected chi connectivity index (χ1v) is 8.65. The molecule has 1 unspecified atom stereocenters. The highest BCUT2D eigenvalue weighted by atomic mass is 32.2. The molecule has 98 valence electrons. The summed E-state index contributed by atoms with van der Waals surface area (Å²) >= 11 is 2.15. The van der Waals surface area contributed by atoms with Gasteiger partial charge in [0.15, 0.2) is 0 Å². The average Bonchev–Trinajstić information content (AvgIpc) is 2.94. The number of rotatable bonds is 2. The van der Waals surface area contributed by atoms with Crippen LogP contribution in [-0.2, 0) is 0 Å². The fourth-order valence-electron chi connectivity index (χ4n) is 3.77. The van der Waals surface area contributed by atoms with Crippen molar-refractivity contribution in [3.8, 4) is 0 Å². The predicted octanol–water partition coefficient (Wildman–Crippen LogP) is 2.44. The Labute approximate surface area is 110 Å². The molecular formula is C14H26N2S. The molecular weight excluding hydrogens is 228 g/mol. The maximum Gasteiger partial charge on any atom is 0.0223 e. The van der Waals surface area contributed by atoms with Crippen LogP contribution in [0.25, 0.3) is 0 Å². The van der Waals surface area contributed by atoms with E-state index in [-0.39, 0.29) is 0 Å². The number of likely N-dealkylation sites (tertiary alicyclic amines) is 2. The molecule has 3 fully saturated rings. The first kappa shape index (κ1) is 12.3. The summed E-state index contributed by atoms with van der Waals surface area (Å²) in [6.07, 6.45) is 8.66. The van der Waals surface area contributed by atoms with Gasteiger partial charge in [0.1, 0.15) is 0 Å². The standard InChI is InChI=1S/C14H26N2S/c1-2-8-15(7-1)14-4-3-9-16(12-14)13-5-10-17-11-6-13/h13-14H,1-12H2. The van der Waals surface area contributed by atoms with E-state index in [9.17, 15) is 0 Å². The Hall–Kier alpha value is 0.270. The SMILES string of the molecule is C1CCN(C2CCCN(C3CCSCC3)C2)C1. The van der Waals surface area contributed by atoms with Gasteiger partial charge in [0.05, 0.1) is 0 Å². The van der Waals surface area contributed by atoms with Crippen LogP contribution >= 0.6 is 11.8 Å². The zero-order valence-electron chi connectivity index (χ0n) is 10.9. The molecule has 3 rings (SSSR count). The van der Waals surface area contributed by atoms with Crippen LogP contribution in [-0.4, -0.2) is 59.6 Å². The van der Waals surface area contributed by atoms with Crippen molar-refractivity contribution >= 4 is 11.8 Å². The van der Waals surface area contributed by atoms with E-state index in [1.807, 2.05) is 0 Å². The molecule has 1 atom stereocenters. The van der Waals surface area contributed by atoms with Crippen LogP contribution in [0.1, 0.15) is 38.5 Å². The highest BCUT2D eigenvalue weighted by molar-refractivity contribution is 7.99. The van der Waals surface area contributed by atoms with E-state index in [1.165, 1.54) is 76.2 Å². The summed E-state index contributed by atoms with van der Waals surface area (Å²) in [6, 6.07) is 1.81. The molecule has 3 heteroatoms. The van der Waals surface area contributed by atoms with Gasteiger partial charge in [-0.15, -0.1) is 0 Å². The molecule has 0 aliphatic carbocycles. The van der Waals surface area contributed by atoms with Gasteiger partial charge < -0.3 is 0 Å². The average molecular weight is 254 g/mol. The number of thioether (sulfide) groups is 1. The third-order valence-electron chi connectivity index (χ3n) is 4.79. The summed E-state index contributed by atoms with van der Waals surface area (Å²) < 4.78 is 0. The molecule has 3 aliphatic heterocycles. The van der Waals surface area contributed by atoms with Crippen LogP contribution < -0.4 is 0 Å². The molecule has 2 nitrogen and oxygen atoms in total. The number of nitrogens with zero attached hydrogens (tertiary/aromatic N) is 2. The topological polar surface area (TPSA) is 6.48 Å². The quantitative estimate of drug-likeness (QED) is 0.747. The molecule has 0 N–H and O–H groups in total. The molecule has 3 heterocycles. The molecule has 0 amide bonds. The van der Waals surface area contributed by atoms with Crippen LogP contribution in [0, 0.1) is 0 Å². The summed E-state index contributed by atoms with van der Waals surface area (Å²) in [7, 11) is 0. The van der Waals surface area contributed by atoms with E-state index in [0.29, 0.717) is 0 Å². The smallest absolute Gasteiger partial charge is 0.0223 e. The van der Waals surface area contributed by atoms with Gasteiger partial charge >= 0.3 is 0 Å². The second-order valence-corrected chi connectivity index (χ2v) is 7.10. The van der Waals surface area contributed by atoms with E-state index in [4.69, 9.17) is 0 Å². The Balaban J connectivity index is 1.54. The van der Waals surface area contributed by atoms with Gasteiger partial charge in [0.2, 0.25) is 0 Å². The van der Waals surface area contributed by atoms with Crippen LogP contribution in [0.15, 0.2) is 0 Å². The maximum absolute atomic E-state index is 2.83. The fraction of sp³-hybridized carbons (Fsp3) is 1.00. The zero-order valence-corrected chi connectivity index (χ0v) is 11.8. The lowest BCUT2D eigenvalue weighted by Crippen LogP contribution is -2.51. The van der Waals surface area contributed by atoms with Crippen molar-refractivity contribution in [1.29, 1.82) is 0 Å². The molecule has 0 radical (unpaired) electrons. The normalized spacial score (nSPS) is 34.2. The van der Waals surface area contributed by atoms with Gasteiger partial charge in [-0.3, -0.25) is 9.80 Å². The van der Waals surface area contributed by atoms with E-state index in [2.05, 4.69) is 21.6 Å². The highest BCUT2D eigenvalue weighted by Crippen LogP contribution is 2.27. The Kier molecular flexibility index (Phi) is 4.30. The number of hydrogen-bond acceptors (Lipinski definition) is 3. The van der Waals surface area contributed by atoms with Crippen LogP contribution in [0.3, 0.4) is 0 Å². The number of hydrogen-bond donors (Lipinski definition) is 0. The molecule has 0 aromatic heterocycles. The van der Waals surface area contributed by atoms with Crippen LogP contribution in [0.4, 0.5) is 0 Å². The summed E-state index contributed by atoms with van der Waals surface area (Å²) in [6.45, 7) is 5.49. The van der Waals surface area contributed by atoms with Crippen LogP contribution in [0.5, 0.6) is 0 Å². The molecule has 0 spiro atoms. The second-order valence-electron chi connectivity index (χ2n) is 5.88. The Morgan fingerprint density at radius 2 is 1.41 bits per heavy atom. The van der Waals surface area contributed by atoms with Gasteiger partial charge in [-0.2, -0.15) is 11.8 Å². The third kappa shape index (κ3) is 2.99. The largest absolute Gasteiger partial charge is 0.299 e. The van der Waals surface area contributed by atoms with Crippen molar-refractivity contribution in [2.45, 2.75) is 50.6 Å². The lowest BCUT2D eigenvalue weighted by Gasteiger charge is -2.42. The summed E-state index contributed by atoms with van der Waals surface area (Å²) in [5, 5.41) is 0. The molecule has 0 saturated carbocycles. The molecule has 17 heavy (non-hydrogen) atoms. The lowest BCUT2D eigenvalue weighted by molar-refractivity contribution is 0.0798. The van der Waals surface area contributed by atoms with Gasteiger partial charge in [0.25, 0.3) is 0 Å². The molecule has 0 aromatic carbocycles. The first-order valence-electron chi connectivity index (χ1n) is 7.49. The van der Waals surface area contributed by atoms with Crippen molar-refractivity contribution in [3.63, 3.8) is 0 Å². The van der Waals surface area contributed by atoms with E-state index >= 15 is 0 Å². The van der Waals surface area contributed by atoms with Gasteiger partial charge in [-0.05, 0) is 69.7 Å².